The minimum Gasteiger partial charge on any atom is -0.336 e. The molecule has 502 valence electrons. The lowest BCUT2D eigenvalue weighted by Crippen LogP contribution is -2.40. The van der Waals surface area contributed by atoms with Crippen molar-refractivity contribution in [2.75, 3.05) is 52.2 Å². The number of aromatic nitrogens is 4. The standard InChI is InChI=1S/C37H40F4N4O2S.C36H38F4N4O2S/c1-4-43(5-2)19-20-44(22-26-9-13-28(14-10-26)29-15-18-32(25(3)21-29)37(39,40)41)34(46)23-45-33-8-6-7-31(33)35(47)42-36(45)48-24-27-11-16-30(38)17-12-27;1-3-42(4-2)20-21-43(22-25-8-12-27(13-9-25)28-14-16-29(17-15-28)36(38,39)40)33(45)23-44-32-7-5-6-31(32)34(46)41-35(44)47-24-26-10-18-30(37)19-11-26/h9-18,21H,4-8,19-20,22-24H2,1-3H3;8-19H,3-7,20-24H2,1-2H3/i4D2,5D2,6D2,7D2,8D2,9D,10D,11D,12D,13D,14D,15D,16D,17D,18D,19D2,20D2,21D,23D2,24D2;22D2. The number of likely N-dealkylation sites (N-methyl/N-ethyl adjacent to an activating group) is 2. The van der Waals surface area contributed by atoms with Crippen molar-refractivity contribution in [1.82, 2.24) is 38.7 Å². The molecule has 8 aromatic rings. The third-order valence-corrected chi connectivity index (χ3v) is 16.1. The molecule has 95 heavy (non-hydrogen) atoms. The number of carbonyl (C=O) groups excluding carboxylic acids is 2. The van der Waals surface area contributed by atoms with Crippen LogP contribution < -0.4 is 11.1 Å². The number of halogens is 8. The van der Waals surface area contributed by atoms with Gasteiger partial charge in [0.25, 0.3) is 11.1 Å². The SMILES string of the molecule is [2H]C([2H])(c1ccc(-c2ccc(C(F)(F)F)cc2)cc1)N(CCN(CC)CC)C(=O)Cn1c(SCc2ccc(F)cc2)nc(=O)c2c1CCC2.[2H]c1c([2H])c(C([2H])([2H])Sc2nc(=O)c3c(n2C([2H])([2H])C(=O)N(Cc2c([2H])c([2H])c(-c4c([2H])c([2H])c(C(F)(F)F)c(C)c4[2H])c([2H])c2[2H])C([2H])([2H])C([2H])([2H])N(C([2H])([2H])C)C([2H])([2H])C)C([2H])([2H])C([2H])([2H])C3([2H])[2H])c([2H])c([2H])c1F. The first-order valence-corrected chi connectivity index (χ1v) is 30.7. The van der Waals surface area contributed by atoms with E-state index in [0.29, 0.717) is 80.8 Å². The highest BCUT2D eigenvalue weighted by Crippen LogP contribution is 2.36. The van der Waals surface area contributed by atoms with Crippen LogP contribution >= 0.6 is 23.5 Å². The van der Waals surface area contributed by atoms with Crippen LogP contribution in [0.5, 0.6) is 0 Å². The van der Waals surface area contributed by atoms with Crippen LogP contribution in [0.15, 0.2) is 159 Å². The van der Waals surface area contributed by atoms with E-state index in [0.717, 1.165) is 29.8 Å². The van der Waals surface area contributed by atoms with Crippen LogP contribution in [0.4, 0.5) is 35.1 Å². The number of fused-ring (bicyclic) bond motifs is 2. The van der Waals surface area contributed by atoms with Crippen LogP contribution in [0.2, 0.25) is 0 Å². The molecule has 0 atom stereocenters. The summed E-state index contributed by atoms with van der Waals surface area (Å²) in [6.07, 6.45) is -20.0. The maximum atomic E-state index is 15.5. The van der Waals surface area contributed by atoms with E-state index in [1.165, 1.54) is 40.9 Å². The second-order valence-electron chi connectivity index (χ2n) is 20.5. The molecule has 0 N–H and O–H groups in total. The van der Waals surface area contributed by atoms with E-state index in [-0.39, 0.29) is 30.0 Å². The molecule has 0 aliphatic heterocycles. The van der Waals surface area contributed by atoms with Crippen molar-refractivity contribution >= 4 is 35.3 Å². The number of amides is 2. The third kappa shape index (κ3) is 19.0. The predicted molar refractivity (Wildman–Crippen MR) is 358 cm³/mol. The van der Waals surface area contributed by atoms with Gasteiger partial charge in [-0.05, 0) is 164 Å². The Hall–Kier alpha value is -7.92. The van der Waals surface area contributed by atoms with E-state index in [1.807, 2.05) is 13.8 Å². The molecule has 12 nitrogen and oxygen atoms in total. The summed E-state index contributed by atoms with van der Waals surface area (Å²) in [6.45, 7) is -17.4. The molecule has 0 fully saturated rings. The van der Waals surface area contributed by atoms with Crippen LogP contribution in [0.25, 0.3) is 22.3 Å². The van der Waals surface area contributed by atoms with Crippen molar-refractivity contribution in [2.45, 2.75) is 133 Å². The molecule has 0 radical (unpaired) electrons. The van der Waals surface area contributed by atoms with Gasteiger partial charge in [-0.3, -0.25) is 19.2 Å². The van der Waals surface area contributed by atoms with Gasteiger partial charge in [-0.15, -0.1) is 0 Å². The molecule has 2 aliphatic rings. The van der Waals surface area contributed by atoms with Crippen LogP contribution in [0.1, 0.15) is 144 Å². The number of benzene rings is 6. The Morgan fingerprint density at radius 2 is 1.21 bits per heavy atom. The number of alkyl halides is 6. The Morgan fingerprint density at radius 1 is 0.600 bits per heavy atom. The van der Waals surface area contributed by atoms with Gasteiger partial charge in [0.1, 0.15) is 24.7 Å². The highest BCUT2D eigenvalue weighted by atomic mass is 32.2. The summed E-state index contributed by atoms with van der Waals surface area (Å²) in [4.78, 5) is 66.4. The Kier molecular flexibility index (Phi) is 14.0. The molecule has 2 amide bonds. The third-order valence-electron chi connectivity index (χ3n) is 14.3. The maximum absolute atomic E-state index is 15.5. The first-order valence-electron chi connectivity index (χ1n) is 44.4. The van der Waals surface area contributed by atoms with E-state index in [1.54, 1.807) is 41.0 Å². The van der Waals surface area contributed by atoms with Gasteiger partial charge >= 0.3 is 12.4 Å². The molecule has 0 saturated carbocycles. The van der Waals surface area contributed by atoms with Crippen molar-refractivity contribution in [3.8, 4) is 22.3 Å². The van der Waals surface area contributed by atoms with E-state index in [2.05, 4.69) is 14.9 Å². The average molecular weight is 1380 g/mol. The lowest BCUT2D eigenvalue weighted by molar-refractivity contribution is -0.138. The van der Waals surface area contributed by atoms with Gasteiger partial charge in [0, 0.05) is 92.3 Å². The summed E-state index contributed by atoms with van der Waals surface area (Å²) in [5.41, 5.74) is -14.7. The minimum absolute atomic E-state index is 0.0854. The number of hydrogen-bond acceptors (Lipinski definition) is 10. The first kappa shape index (κ1) is 40.6. The van der Waals surface area contributed by atoms with Gasteiger partial charge in [0.15, 0.2) is 10.3 Å². The summed E-state index contributed by atoms with van der Waals surface area (Å²) in [7, 11) is 0. The van der Waals surface area contributed by atoms with Crippen LogP contribution in [0.3, 0.4) is 0 Å². The normalized spacial score (nSPS) is 20.2. The summed E-state index contributed by atoms with van der Waals surface area (Å²) < 4.78 is 380. The molecule has 0 saturated heterocycles. The Morgan fingerprint density at radius 3 is 1.84 bits per heavy atom. The molecular weight excluding hydrogens is 1270 g/mol. The van der Waals surface area contributed by atoms with Crippen molar-refractivity contribution in [3.05, 3.63) is 233 Å². The van der Waals surface area contributed by atoms with Crippen LogP contribution in [-0.4, -0.2) is 103 Å². The zero-order valence-electron chi connectivity index (χ0n) is 82.1. The molecule has 2 aromatic heterocycles. The monoisotopic (exact) mass is 1380 g/mol. The Labute approximate surface area is 601 Å². The summed E-state index contributed by atoms with van der Waals surface area (Å²) in [5.74, 6) is -5.01. The van der Waals surface area contributed by atoms with E-state index < -0.39 is 254 Å². The fourth-order valence-corrected chi connectivity index (χ4v) is 11.0. The van der Waals surface area contributed by atoms with Crippen molar-refractivity contribution < 1.29 is 87.2 Å². The zero-order valence-corrected chi connectivity index (χ0v) is 52.7. The van der Waals surface area contributed by atoms with E-state index in [4.69, 9.17) is 34.3 Å². The number of rotatable bonds is 26. The highest BCUT2D eigenvalue weighted by molar-refractivity contribution is 7.98. The second kappa shape index (κ2) is 32.7. The predicted octanol–water partition coefficient (Wildman–Crippen LogP) is 14.7. The minimum atomic E-state index is -5.34. The van der Waals surface area contributed by atoms with Gasteiger partial charge in [-0.25, -0.2) is 8.78 Å². The fraction of sp³-hybridized carbons (Fsp3) is 0.370. The van der Waals surface area contributed by atoms with E-state index >= 15 is 4.79 Å². The molecule has 6 aromatic carbocycles. The lowest BCUT2D eigenvalue weighted by Gasteiger charge is -2.28. The Bertz CT molecular complexity index is 5600. The number of nitrogens with zero attached hydrogens (tertiary/aromatic N) is 8. The molecule has 22 heteroatoms. The van der Waals surface area contributed by atoms with E-state index in [9.17, 15) is 57.7 Å². The molecular formula is C73H78F8N8O4S2. The molecule has 2 heterocycles. The van der Waals surface area contributed by atoms with Gasteiger partial charge in [0.05, 0.1) is 34.4 Å². The van der Waals surface area contributed by atoms with Crippen LogP contribution in [0, 0.1) is 18.6 Å². The van der Waals surface area contributed by atoms with Gasteiger partial charge < -0.3 is 28.7 Å². The first-order chi connectivity index (χ1) is 57.5. The Balaban J connectivity index is 0.000000314. The quantitative estimate of drug-likeness (QED) is 0.0295. The average Bonchev–Trinajstić information content (AvgIpc) is 1.51. The molecule has 10 rings (SSSR count). The summed E-state index contributed by atoms with van der Waals surface area (Å²) in [6, 6.07) is 1.08. The number of thioether (sulfide) groups is 2. The largest absolute Gasteiger partial charge is 0.416 e. The zero-order chi connectivity index (χ0) is 95.5. The molecule has 0 spiro atoms. The summed E-state index contributed by atoms with van der Waals surface area (Å²) >= 11 is 0.565. The van der Waals surface area contributed by atoms with Gasteiger partial charge in [-0.2, -0.15) is 36.3 Å². The molecule has 0 bridgehead atoms. The van der Waals surface area contributed by atoms with Crippen molar-refractivity contribution in [2.24, 2.45) is 0 Å². The maximum Gasteiger partial charge on any atom is 0.416 e. The molecule has 0 unspecified atom stereocenters. The summed E-state index contributed by atoms with van der Waals surface area (Å²) in [5, 5.41) is -1.38. The number of hydrogen-bond donors (Lipinski definition) is 0. The topological polar surface area (TPSA) is 117 Å². The fourth-order valence-electron chi connectivity index (χ4n) is 9.34. The lowest BCUT2D eigenvalue weighted by atomic mass is 9.98. The van der Waals surface area contributed by atoms with Gasteiger partial charge in [0.2, 0.25) is 11.8 Å². The van der Waals surface area contributed by atoms with Crippen LogP contribution in [-0.2, 0) is 85.1 Å². The number of carbonyl (C=O) groups is 2. The second-order valence-corrected chi connectivity index (χ2v) is 22.2. The smallest absolute Gasteiger partial charge is 0.336 e. The molecule has 2 aliphatic carbocycles. The van der Waals surface area contributed by atoms with Gasteiger partial charge in [-0.1, -0.05) is 148 Å². The van der Waals surface area contributed by atoms with Crippen molar-refractivity contribution in [3.63, 3.8) is 0 Å². The van der Waals surface area contributed by atoms with Crippen molar-refractivity contribution in [1.29, 1.82) is 0 Å². The highest BCUT2D eigenvalue weighted by Gasteiger charge is 2.33.